The molecule has 4 aromatic rings. The van der Waals surface area contributed by atoms with Crippen LogP contribution in [0.3, 0.4) is 0 Å². The third-order valence-electron chi connectivity index (χ3n) is 3.67. The molecule has 0 aliphatic carbocycles. The fourth-order valence-corrected chi connectivity index (χ4v) is 3.69. The summed E-state index contributed by atoms with van der Waals surface area (Å²) in [5.74, 6) is 1.42. The van der Waals surface area contributed by atoms with Gasteiger partial charge in [0, 0.05) is 10.8 Å². The monoisotopic (exact) mass is 299 g/mol. The quantitative estimate of drug-likeness (QED) is 0.546. The smallest absolute Gasteiger partial charge is 0.161 e. The van der Waals surface area contributed by atoms with Gasteiger partial charge in [-0.25, -0.2) is 4.98 Å². The Bertz CT molecular complexity index is 984. The van der Waals surface area contributed by atoms with Crippen molar-refractivity contribution in [2.45, 2.75) is 6.92 Å². The molecule has 0 N–H and O–H groups in total. The van der Waals surface area contributed by atoms with E-state index in [2.05, 4.69) is 4.98 Å². The van der Waals surface area contributed by atoms with E-state index in [4.69, 9.17) is 13.9 Å². The number of benzene rings is 2. The molecule has 2 aromatic heterocycles. The molecule has 0 aliphatic heterocycles. The number of hydrogen-bond donors (Lipinski definition) is 0. The highest BCUT2D eigenvalue weighted by Gasteiger charge is 2.17. The third-order valence-corrected chi connectivity index (χ3v) is 4.64. The summed E-state index contributed by atoms with van der Waals surface area (Å²) in [6, 6.07) is 5.96. The molecule has 5 heteroatoms. The molecule has 2 heterocycles. The zero-order chi connectivity index (χ0) is 14.6. The average molecular weight is 299 g/mol. The molecule has 0 aliphatic rings. The number of rotatable bonds is 2. The van der Waals surface area contributed by atoms with Crippen LogP contribution in [0.25, 0.3) is 32.0 Å². The minimum atomic E-state index is 0.707. The van der Waals surface area contributed by atoms with Crippen molar-refractivity contribution >= 4 is 43.3 Å². The molecule has 0 saturated heterocycles. The topological polar surface area (TPSA) is 44.5 Å². The van der Waals surface area contributed by atoms with Crippen molar-refractivity contribution in [3.63, 3.8) is 0 Å². The first-order chi connectivity index (χ1) is 10.2. The minimum absolute atomic E-state index is 0.707. The molecule has 4 nitrogen and oxygen atoms in total. The van der Waals surface area contributed by atoms with Crippen LogP contribution < -0.4 is 9.47 Å². The Kier molecular flexibility index (Phi) is 2.59. The number of thiazole rings is 1. The molecule has 0 radical (unpaired) electrons. The third kappa shape index (κ3) is 1.64. The zero-order valence-electron chi connectivity index (χ0n) is 11.9. The van der Waals surface area contributed by atoms with Gasteiger partial charge < -0.3 is 13.9 Å². The van der Waals surface area contributed by atoms with Gasteiger partial charge in [-0.1, -0.05) is 0 Å². The van der Waals surface area contributed by atoms with E-state index in [0.717, 1.165) is 37.0 Å². The van der Waals surface area contributed by atoms with Gasteiger partial charge in [0.2, 0.25) is 0 Å². The Hall–Kier alpha value is -2.27. The van der Waals surface area contributed by atoms with Crippen LogP contribution in [-0.4, -0.2) is 19.2 Å². The molecule has 2 aromatic carbocycles. The fourth-order valence-electron chi connectivity index (χ4n) is 2.76. The van der Waals surface area contributed by atoms with E-state index in [1.807, 2.05) is 25.1 Å². The molecule has 0 bridgehead atoms. The van der Waals surface area contributed by atoms with Gasteiger partial charge in [-0.15, -0.1) is 11.3 Å². The summed E-state index contributed by atoms with van der Waals surface area (Å²) in [5.41, 5.74) is 1.84. The number of furan rings is 1. The molecule has 0 amide bonds. The van der Waals surface area contributed by atoms with Crippen molar-refractivity contribution in [3.05, 3.63) is 29.5 Å². The van der Waals surface area contributed by atoms with Crippen LogP contribution in [0.2, 0.25) is 0 Å². The number of fused-ring (bicyclic) bond motifs is 6. The van der Waals surface area contributed by atoms with Crippen molar-refractivity contribution < 1.29 is 13.9 Å². The summed E-state index contributed by atoms with van der Waals surface area (Å²) in [6.07, 6.45) is 1.72. The second-order valence-corrected chi connectivity index (χ2v) is 6.03. The Morgan fingerprint density at radius 1 is 1.05 bits per heavy atom. The van der Waals surface area contributed by atoms with Gasteiger partial charge in [-0.2, -0.15) is 0 Å². The molecular weight excluding hydrogens is 286 g/mol. The largest absolute Gasteiger partial charge is 0.493 e. The van der Waals surface area contributed by atoms with Crippen LogP contribution in [0.1, 0.15) is 5.01 Å². The zero-order valence-corrected chi connectivity index (χ0v) is 12.7. The lowest BCUT2D eigenvalue weighted by atomic mass is 10.0. The Morgan fingerprint density at radius 2 is 1.76 bits per heavy atom. The van der Waals surface area contributed by atoms with Gasteiger partial charge in [-0.05, 0) is 30.5 Å². The second kappa shape index (κ2) is 4.36. The number of aromatic nitrogens is 1. The molecule has 0 saturated carbocycles. The number of hydrogen-bond acceptors (Lipinski definition) is 5. The highest BCUT2D eigenvalue weighted by molar-refractivity contribution is 7.19. The second-order valence-electron chi connectivity index (χ2n) is 4.83. The van der Waals surface area contributed by atoms with Crippen molar-refractivity contribution in [2.75, 3.05) is 14.2 Å². The molecule has 4 rings (SSSR count). The van der Waals surface area contributed by atoms with E-state index in [1.165, 1.54) is 0 Å². The lowest BCUT2D eigenvalue weighted by Gasteiger charge is -2.10. The van der Waals surface area contributed by atoms with Crippen molar-refractivity contribution in [1.82, 2.24) is 4.98 Å². The maximum absolute atomic E-state index is 5.68. The average Bonchev–Trinajstić information content (AvgIpc) is 3.11. The van der Waals surface area contributed by atoms with Crippen LogP contribution in [0.4, 0.5) is 0 Å². The SMILES string of the molecule is COc1cc2c(cc1OC)c1nc(C)sc1c1occc21. The summed E-state index contributed by atoms with van der Waals surface area (Å²) in [4.78, 5) is 4.66. The van der Waals surface area contributed by atoms with Gasteiger partial charge in [0.05, 0.1) is 35.7 Å². The van der Waals surface area contributed by atoms with E-state index in [1.54, 1.807) is 31.8 Å². The molecule has 21 heavy (non-hydrogen) atoms. The molecule has 0 atom stereocenters. The summed E-state index contributed by atoms with van der Waals surface area (Å²) in [6.45, 7) is 2.01. The van der Waals surface area contributed by atoms with E-state index >= 15 is 0 Å². The van der Waals surface area contributed by atoms with E-state index in [-0.39, 0.29) is 0 Å². The number of aryl methyl sites for hydroxylation is 1. The molecule has 0 fully saturated rings. The highest BCUT2D eigenvalue weighted by atomic mass is 32.1. The standard InChI is InChI=1S/C16H13NO3S/c1-8-17-14-11-7-13(19-3)12(18-2)6-10(11)9-4-5-20-15(9)16(14)21-8/h4-7H,1-3H3. The summed E-state index contributed by atoms with van der Waals surface area (Å²) >= 11 is 1.65. The first kappa shape index (κ1) is 12.5. The predicted molar refractivity (Wildman–Crippen MR) is 84.7 cm³/mol. The van der Waals surface area contributed by atoms with Crippen molar-refractivity contribution in [3.8, 4) is 11.5 Å². The van der Waals surface area contributed by atoms with Gasteiger partial charge in [0.1, 0.15) is 0 Å². The van der Waals surface area contributed by atoms with Gasteiger partial charge in [-0.3, -0.25) is 0 Å². The highest BCUT2D eigenvalue weighted by Crippen LogP contribution is 2.42. The van der Waals surface area contributed by atoms with Crippen LogP contribution in [0.15, 0.2) is 28.9 Å². The Morgan fingerprint density at radius 3 is 2.48 bits per heavy atom. The van der Waals surface area contributed by atoms with Gasteiger partial charge >= 0.3 is 0 Å². The van der Waals surface area contributed by atoms with Crippen molar-refractivity contribution in [1.29, 1.82) is 0 Å². The van der Waals surface area contributed by atoms with Gasteiger partial charge in [0.25, 0.3) is 0 Å². The summed E-state index contributed by atoms with van der Waals surface area (Å²) < 4.78 is 17.6. The predicted octanol–water partition coefficient (Wildman–Crippen LogP) is 4.52. The Labute approximate surface area is 124 Å². The van der Waals surface area contributed by atoms with Crippen LogP contribution in [-0.2, 0) is 0 Å². The number of methoxy groups -OCH3 is 2. The van der Waals surface area contributed by atoms with E-state index in [0.29, 0.717) is 11.5 Å². The summed E-state index contributed by atoms with van der Waals surface area (Å²) in [5, 5.41) is 4.21. The maximum atomic E-state index is 5.68. The number of nitrogens with zero attached hydrogens (tertiary/aromatic N) is 1. The van der Waals surface area contributed by atoms with E-state index in [9.17, 15) is 0 Å². The maximum Gasteiger partial charge on any atom is 0.161 e. The lowest BCUT2D eigenvalue weighted by Crippen LogP contribution is -1.91. The van der Waals surface area contributed by atoms with Crippen LogP contribution in [0.5, 0.6) is 11.5 Å². The van der Waals surface area contributed by atoms with Crippen LogP contribution in [0, 0.1) is 6.92 Å². The summed E-state index contributed by atoms with van der Waals surface area (Å²) in [7, 11) is 3.28. The lowest BCUT2D eigenvalue weighted by molar-refractivity contribution is 0.356. The normalized spacial score (nSPS) is 11.6. The van der Waals surface area contributed by atoms with Gasteiger partial charge in [0.15, 0.2) is 17.1 Å². The first-order valence-electron chi connectivity index (χ1n) is 6.55. The Balaban J connectivity index is 2.30. The van der Waals surface area contributed by atoms with Crippen molar-refractivity contribution in [2.24, 2.45) is 0 Å². The number of ether oxygens (including phenoxy) is 2. The fraction of sp³-hybridized carbons (Fsp3) is 0.188. The minimum Gasteiger partial charge on any atom is -0.493 e. The molecule has 0 spiro atoms. The first-order valence-corrected chi connectivity index (χ1v) is 7.36. The van der Waals surface area contributed by atoms with Crippen LogP contribution >= 0.6 is 11.3 Å². The molecule has 0 unspecified atom stereocenters. The molecular formula is C16H13NO3S. The molecule has 106 valence electrons. The van der Waals surface area contributed by atoms with E-state index < -0.39 is 0 Å².